The summed E-state index contributed by atoms with van der Waals surface area (Å²) in [6.45, 7) is 9.22. The van der Waals surface area contributed by atoms with Gasteiger partial charge < -0.3 is 18.5 Å². The van der Waals surface area contributed by atoms with Gasteiger partial charge in [0.15, 0.2) is 34.1 Å². The number of fused-ring (bicyclic) bond motifs is 2. The Bertz CT molecular complexity index is 2820. The molecule has 0 bridgehead atoms. The standard InChI is InChI=1S/C21H22N6O2S.C15H15IN4O2.C6H7ClN2S/c1-12-10-22-21(30-3)24-18(12)19-14-7-8-16(15-11-29-26-13(15)2)23-20(14)27(25-19)17-6-4-5-9-28-17;1-9-11(8-22-19-9)12-6-5-10-14(16)18-20(15(10)17-12)13-4-2-3-7-21-13;1-4-3-8-6(10-2)9-5(4)7/h7-8,10-11,17H,4-6,9H2,1-3H3;5-6,8,13H,2-4,7H2,1H3;3H,1-2H3. The van der Waals surface area contributed by atoms with Gasteiger partial charge >= 0.3 is 0 Å². The van der Waals surface area contributed by atoms with Gasteiger partial charge in [0.2, 0.25) is 0 Å². The van der Waals surface area contributed by atoms with Gasteiger partial charge in [-0.25, -0.2) is 39.3 Å². The summed E-state index contributed by atoms with van der Waals surface area (Å²) in [6.07, 6.45) is 16.9. The maximum atomic E-state index is 6.04. The van der Waals surface area contributed by atoms with E-state index in [1.165, 1.54) is 23.5 Å². The molecule has 8 aromatic rings. The summed E-state index contributed by atoms with van der Waals surface area (Å²) < 4.78 is 26.8. The highest BCUT2D eigenvalue weighted by molar-refractivity contribution is 14.1. The summed E-state index contributed by atoms with van der Waals surface area (Å²) in [4.78, 5) is 26.9. The zero-order valence-corrected chi connectivity index (χ0v) is 39.5. The Kier molecular flexibility index (Phi) is 14.1. The van der Waals surface area contributed by atoms with Crippen LogP contribution in [0.1, 0.15) is 73.5 Å². The minimum absolute atomic E-state index is 0.0221. The molecule has 10 rings (SSSR count). The zero-order chi connectivity index (χ0) is 43.3. The van der Waals surface area contributed by atoms with Crippen LogP contribution < -0.4 is 0 Å². The number of thioether (sulfide) groups is 2. The third kappa shape index (κ3) is 9.52. The summed E-state index contributed by atoms with van der Waals surface area (Å²) in [5, 5.41) is 21.5. The number of ether oxygens (including phenoxy) is 2. The Hall–Kier alpha value is -4.54. The highest BCUT2D eigenvalue weighted by atomic mass is 127. The van der Waals surface area contributed by atoms with Gasteiger partial charge in [-0.2, -0.15) is 10.2 Å². The fourth-order valence-corrected chi connectivity index (χ4v) is 8.57. The van der Waals surface area contributed by atoms with Gasteiger partial charge in [-0.05, 0) is 131 Å². The number of rotatable bonds is 7. The van der Waals surface area contributed by atoms with E-state index in [0.29, 0.717) is 5.15 Å². The summed E-state index contributed by atoms with van der Waals surface area (Å²) in [6, 6.07) is 8.06. The summed E-state index contributed by atoms with van der Waals surface area (Å²) in [5.41, 5.74) is 10.2. The first-order valence-electron chi connectivity index (χ1n) is 20.0. The Morgan fingerprint density at radius 2 is 1.18 bits per heavy atom. The molecule has 2 unspecified atom stereocenters. The zero-order valence-electron chi connectivity index (χ0n) is 35.0. The van der Waals surface area contributed by atoms with Crippen LogP contribution >= 0.6 is 57.7 Å². The van der Waals surface area contributed by atoms with Crippen molar-refractivity contribution in [1.29, 1.82) is 0 Å². The van der Waals surface area contributed by atoms with Gasteiger partial charge in [0, 0.05) is 36.6 Å². The normalized spacial score (nSPS) is 16.5. The van der Waals surface area contributed by atoms with Crippen molar-refractivity contribution in [2.75, 3.05) is 25.7 Å². The third-order valence-corrected chi connectivity index (χ3v) is 12.7. The average Bonchev–Trinajstić information content (AvgIpc) is 4.11. The minimum Gasteiger partial charge on any atom is -0.364 e. The van der Waals surface area contributed by atoms with Crippen LogP contribution in [0.2, 0.25) is 5.15 Å². The number of hydrogen-bond donors (Lipinski definition) is 0. The van der Waals surface area contributed by atoms with Gasteiger partial charge in [0.1, 0.15) is 27.1 Å². The monoisotopic (exact) mass is 1010 g/mol. The Labute approximate surface area is 384 Å². The first-order valence-corrected chi connectivity index (χ1v) is 23.9. The van der Waals surface area contributed by atoms with Gasteiger partial charge in [-0.15, -0.1) is 0 Å². The van der Waals surface area contributed by atoms with Gasteiger partial charge in [-0.3, -0.25) is 0 Å². The predicted octanol–water partition coefficient (Wildman–Crippen LogP) is 10.4. The summed E-state index contributed by atoms with van der Waals surface area (Å²) >= 11 is 11.0. The topological polar surface area (TPSA) is 184 Å². The first kappa shape index (κ1) is 44.1. The molecule has 8 aromatic heterocycles. The van der Waals surface area contributed by atoms with E-state index < -0.39 is 0 Å². The number of halogens is 2. The lowest BCUT2D eigenvalue weighted by atomic mass is 10.1. The maximum Gasteiger partial charge on any atom is 0.188 e. The van der Waals surface area contributed by atoms with E-state index >= 15 is 0 Å². The molecule has 322 valence electrons. The van der Waals surface area contributed by atoms with Gasteiger partial charge in [0.25, 0.3) is 0 Å². The molecule has 2 aliphatic rings. The molecule has 62 heavy (non-hydrogen) atoms. The number of nitrogens with zero attached hydrogens (tertiary/aromatic N) is 12. The fraction of sp³-hybridized carbons (Fsp3) is 0.381. The number of aryl methyl sites for hydroxylation is 4. The number of pyridine rings is 2. The van der Waals surface area contributed by atoms with E-state index in [1.54, 1.807) is 18.7 Å². The molecule has 2 fully saturated rings. The molecule has 20 heteroatoms. The molecule has 2 aliphatic heterocycles. The highest BCUT2D eigenvalue weighted by Gasteiger charge is 2.26. The molecule has 0 amide bonds. The van der Waals surface area contributed by atoms with Crippen LogP contribution in [0.4, 0.5) is 0 Å². The molecule has 0 spiro atoms. The van der Waals surface area contributed by atoms with Crippen molar-refractivity contribution in [3.63, 3.8) is 0 Å². The van der Waals surface area contributed by atoms with Crippen LogP contribution in [0.25, 0.3) is 56.0 Å². The van der Waals surface area contributed by atoms with Crippen molar-refractivity contribution in [3.05, 3.63) is 80.6 Å². The smallest absolute Gasteiger partial charge is 0.188 e. The molecular weight excluding hydrogens is 963 g/mol. The van der Waals surface area contributed by atoms with Crippen molar-refractivity contribution in [2.45, 2.75) is 89.0 Å². The molecule has 0 aromatic carbocycles. The van der Waals surface area contributed by atoms with Crippen LogP contribution in [0.3, 0.4) is 0 Å². The van der Waals surface area contributed by atoms with Gasteiger partial charge in [-0.1, -0.05) is 45.4 Å². The second-order valence-corrected chi connectivity index (χ2v) is 17.6. The Morgan fingerprint density at radius 3 is 1.69 bits per heavy atom. The summed E-state index contributed by atoms with van der Waals surface area (Å²) in [7, 11) is 0. The van der Waals surface area contributed by atoms with Gasteiger partial charge in [0.05, 0.1) is 45.0 Å². The lowest BCUT2D eigenvalue weighted by molar-refractivity contribution is -0.0372. The molecule has 0 saturated carbocycles. The van der Waals surface area contributed by atoms with E-state index in [-0.39, 0.29) is 12.5 Å². The molecule has 2 saturated heterocycles. The van der Waals surface area contributed by atoms with Crippen molar-refractivity contribution in [1.82, 2.24) is 59.8 Å². The van der Waals surface area contributed by atoms with Crippen molar-refractivity contribution in [2.24, 2.45) is 0 Å². The van der Waals surface area contributed by atoms with E-state index in [2.05, 4.69) is 59.0 Å². The molecule has 0 radical (unpaired) electrons. The summed E-state index contributed by atoms with van der Waals surface area (Å²) in [5.74, 6) is 0. The lowest BCUT2D eigenvalue weighted by Crippen LogP contribution is -2.19. The first-order chi connectivity index (χ1) is 30.1. The Balaban J connectivity index is 0.000000144. The van der Waals surface area contributed by atoms with Crippen LogP contribution in [-0.4, -0.2) is 85.5 Å². The highest BCUT2D eigenvalue weighted by Crippen LogP contribution is 2.35. The average molecular weight is 1010 g/mol. The second kappa shape index (κ2) is 19.9. The largest absolute Gasteiger partial charge is 0.364 e. The lowest BCUT2D eigenvalue weighted by Gasteiger charge is -2.23. The molecular formula is C42H44ClIN12O4S2. The Morgan fingerprint density at radius 1 is 0.645 bits per heavy atom. The van der Waals surface area contributed by atoms with Crippen LogP contribution in [-0.2, 0) is 9.47 Å². The van der Waals surface area contributed by atoms with E-state index in [4.69, 9.17) is 50.2 Å². The fourth-order valence-electron chi connectivity index (χ4n) is 7.05. The van der Waals surface area contributed by atoms with Crippen molar-refractivity contribution >= 4 is 79.8 Å². The van der Waals surface area contributed by atoms with E-state index in [9.17, 15) is 0 Å². The quantitative estimate of drug-likeness (QED) is 0.0635. The number of aromatic nitrogens is 12. The SMILES string of the molecule is CSc1ncc(C)c(-c2nn(C3CCCCO3)c3nc(-c4conc4C)ccc23)n1.CSc1ncc(C)c(Cl)n1.Cc1nocc1-c1ccc2c(I)nn(C3CCCCO3)c2n1. The predicted molar refractivity (Wildman–Crippen MR) is 247 cm³/mol. The van der Waals surface area contributed by atoms with Crippen LogP contribution in [0.5, 0.6) is 0 Å². The second-order valence-electron chi connectivity index (χ2n) is 14.7. The molecule has 10 heterocycles. The van der Waals surface area contributed by atoms with Crippen LogP contribution in [0, 0.1) is 31.4 Å². The third-order valence-electron chi connectivity index (χ3n) is 10.4. The molecule has 0 aliphatic carbocycles. The number of hydrogen-bond acceptors (Lipinski definition) is 16. The van der Waals surface area contributed by atoms with E-state index in [1.807, 2.05) is 74.0 Å². The molecule has 0 N–H and O–H groups in total. The molecule has 2 atom stereocenters. The molecule has 16 nitrogen and oxygen atoms in total. The van der Waals surface area contributed by atoms with Crippen LogP contribution in [0.15, 0.2) is 68.5 Å². The van der Waals surface area contributed by atoms with E-state index in [0.717, 1.165) is 144 Å². The van der Waals surface area contributed by atoms with Crippen molar-refractivity contribution in [3.8, 4) is 33.9 Å². The van der Waals surface area contributed by atoms with Crippen molar-refractivity contribution < 1.29 is 18.5 Å². The maximum absolute atomic E-state index is 6.04. The minimum atomic E-state index is -0.136.